The molecular weight excluding hydrogens is 262 g/mol. The number of nitrogens with zero attached hydrogens (tertiary/aromatic N) is 2. The number of aromatic nitrogens is 2. The van der Waals surface area contributed by atoms with Gasteiger partial charge in [-0.2, -0.15) is 5.10 Å². The molecule has 4 nitrogen and oxygen atoms in total. The van der Waals surface area contributed by atoms with Crippen LogP contribution in [0.5, 0.6) is 0 Å². The molecule has 0 aromatic carbocycles. The van der Waals surface area contributed by atoms with Gasteiger partial charge in [0.15, 0.2) is 0 Å². The van der Waals surface area contributed by atoms with Crippen LogP contribution in [0.2, 0.25) is 5.15 Å². The fourth-order valence-electron chi connectivity index (χ4n) is 2.77. The lowest BCUT2D eigenvalue weighted by Crippen LogP contribution is -2.37. The summed E-state index contributed by atoms with van der Waals surface area (Å²) in [5.41, 5.74) is 2.38. The lowest BCUT2D eigenvalue weighted by atomic mass is 9.81. The lowest BCUT2D eigenvalue weighted by Gasteiger charge is -2.28. The number of nitrogens with one attached hydrogen (secondary N) is 1. The highest BCUT2D eigenvalue weighted by atomic mass is 35.5. The van der Waals surface area contributed by atoms with E-state index in [1.54, 1.807) is 4.68 Å². The summed E-state index contributed by atoms with van der Waals surface area (Å²) in [6, 6.07) is 0. The largest absolute Gasteiger partial charge is 0.381 e. The standard InChI is InChI=1S/C14H24ClN3O/c1-4-6-16-9-14(5-7-19-10-14)8-12-11(2)17-18(3)13(12)15/h16H,4-10H2,1-3H3. The van der Waals surface area contributed by atoms with E-state index in [1.165, 1.54) is 5.56 Å². The zero-order chi connectivity index (χ0) is 13.9. The van der Waals surface area contributed by atoms with Crippen LogP contribution in [0.1, 0.15) is 31.0 Å². The maximum absolute atomic E-state index is 6.36. The van der Waals surface area contributed by atoms with Gasteiger partial charge in [-0.1, -0.05) is 18.5 Å². The second kappa shape index (κ2) is 6.25. The van der Waals surface area contributed by atoms with E-state index in [0.717, 1.165) is 56.4 Å². The van der Waals surface area contributed by atoms with Gasteiger partial charge in [0, 0.05) is 31.2 Å². The van der Waals surface area contributed by atoms with Crippen molar-refractivity contribution in [2.75, 3.05) is 26.3 Å². The minimum Gasteiger partial charge on any atom is -0.381 e. The minimum atomic E-state index is 0.173. The predicted octanol–water partition coefficient (Wildman–Crippen LogP) is 2.33. The number of rotatable bonds is 6. The normalized spacial score (nSPS) is 23.2. The molecule has 1 aromatic rings. The first kappa shape index (κ1) is 14.8. The van der Waals surface area contributed by atoms with E-state index in [9.17, 15) is 0 Å². The Hall–Kier alpha value is -0.580. The molecule has 1 aliphatic heterocycles. The molecule has 0 aliphatic carbocycles. The zero-order valence-corrected chi connectivity index (χ0v) is 12.9. The van der Waals surface area contributed by atoms with E-state index in [2.05, 4.69) is 17.3 Å². The molecule has 1 fully saturated rings. The van der Waals surface area contributed by atoms with E-state index in [-0.39, 0.29) is 5.41 Å². The van der Waals surface area contributed by atoms with Crippen molar-refractivity contribution in [3.63, 3.8) is 0 Å². The van der Waals surface area contributed by atoms with Crippen molar-refractivity contribution in [3.8, 4) is 0 Å². The number of hydrogen-bond acceptors (Lipinski definition) is 3. The average molecular weight is 286 g/mol. The van der Waals surface area contributed by atoms with E-state index < -0.39 is 0 Å². The monoisotopic (exact) mass is 285 g/mol. The first-order valence-corrected chi connectivity index (χ1v) is 7.42. The van der Waals surface area contributed by atoms with Crippen LogP contribution in [0.3, 0.4) is 0 Å². The third-order valence-electron chi connectivity index (χ3n) is 3.93. The molecule has 0 spiro atoms. The molecule has 2 rings (SSSR count). The SMILES string of the molecule is CCCNCC1(Cc2c(C)nn(C)c2Cl)CCOC1. The molecule has 19 heavy (non-hydrogen) atoms. The number of ether oxygens (including phenoxy) is 1. The Morgan fingerprint density at radius 2 is 2.32 bits per heavy atom. The summed E-state index contributed by atoms with van der Waals surface area (Å²) in [5, 5.41) is 8.70. The molecule has 108 valence electrons. The van der Waals surface area contributed by atoms with Crippen molar-refractivity contribution >= 4 is 11.6 Å². The molecule has 1 N–H and O–H groups in total. The van der Waals surface area contributed by atoms with Crippen LogP contribution >= 0.6 is 11.6 Å². The fourth-order valence-corrected chi connectivity index (χ4v) is 3.01. The summed E-state index contributed by atoms with van der Waals surface area (Å²) in [4.78, 5) is 0. The van der Waals surface area contributed by atoms with Crippen molar-refractivity contribution in [3.05, 3.63) is 16.4 Å². The molecular formula is C14H24ClN3O. The molecule has 0 amide bonds. The van der Waals surface area contributed by atoms with Crippen molar-refractivity contribution < 1.29 is 4.74 Å². The summed E-state index contributed by atoms with van der Waals surface area (Å²) < 4.78 is 7.40. The summed E-state index contributed by atoms with van der Waals surface area (Å²) in [6.45, 7) is 7.93. The van der Waals surface area contributed by atoms with Crippen LogP contribution in [-0.4, -0.2) is 36.1 Å². The molecule has 1 atom stereocenters. The Labute approximate surface area is 120 Å². The van der Waals surface area contributed by atoms with Gasteiger partial charge in [-0.15, -0.1) is 0 Å². The first-order valence-electron chi connectivity index (χ1n) is 7.04. The van der Waals surface area contributed by atoms with Gasteiger partial charge in [-0.3, -0.25) is 4.68 Å². The summed E-state index contributed by atoms with van der Waals surface area (Å²) in [5.74, 6) is 0. The van der Waals surface area contributed by atoms with Crippen molar-refractivity contribution in [2.45, 2.75) is 33.1 Å². The summed E-state index contributed by atoms with van der Waals surface area (Å²) >= 11 is 6.36. The van der Waals surface area contributed by atoms with Crippen molar-refractivity contribution in [1.29, 1.82) is 0 Å². The zero-order valence-electron chi connectivity index (χ0n) is 12.1. The lowest BCUT2D eigenvalue weighted by molar-refractivity contribution is 0.149. The second-order valence-electron chi connectivity index (χ2n) is 5.63. The van der Waals surface area contributed by atoms with Gasteiger partial charge in [-0.25, -0.2) is 0 Å². The highest BCUT2D eigenvalue weighted by Gasteiger charge is 2.36. The first-order chi connectivity index (χ1) is 9.08. The molecule has 2 heterocycles. The third kappa shape index (κ3) is 3.30. The van der Waals surface area contributed by atoms with Crippen LogP contribution in [0.25, 0.3) is 0 Å². The molecule has 0 bridgehead atoms. The van der Waals surface area contributed by atoms with Crippen LogP contribution in [0.15, 0.2) is 0 Å². The van der Waals surface area contributed by atoms with Gasteiger partial charge < -0.3 is 10.1 Å². The molecule has 1 unspecified atom stereocenters. The van der Waals surface area contributed by atoms with Crippen molar-refractivity contribution in [2.24, 2.45) is 12.5 Å². The molecule has 1 aliphatic rings. The van der Waals surface area contributed by atoms with Gasteiger partial charge in [0.2, 0.25) is 0 Å². The Kier molecular flexibility index (Phi) is 4.87. The molecule has 5 heteroatoms. The van der Waals surface area contributed by atoms with Crippen LogP contribution in [-0.2, 0) is 18.2 Å². The molecule has 1 aromatic heterocycles. The van der Waals surface area contributed by atoms with Crippen LogP contribution < -0.4 is 5.32 Å². The Bertz CT molecular complexity index is 425. The Balaban J connectivity index is 2.11. The highest BCUT2D eigenvalue weighted by Crippen LogP contribution is 2.35. The summed E-state index contributed by atoms with van der Waals surface area (Å²) in [7, 11) is 1.89. The van der Waals surface area contributed by atoms with Gasteiger partial charge >= 0.3 is 0 Å². The quantitative estimate of drug-likeness (QED) is 0.816. The van der Waals surface area contributed by atoms with E-state index >= 15 is 0 Å². The van der Waals surface area contributed by atoms with Crippen LogP contribution in [0, 0.1) is 12.3 Å². The second-order valence-corrected chi connectivity index (χ2v) is 5.99. The van der Waals surface area contributed by atoms with Crippen molar-refractivity contribution in [1.82, 2.24) is 15.1 Å². The van der Waals surface area contributed by atoms with E-state index in [0.29, 0.717) is 0 Å². The molecule has 0 radical (unpaired) electrons. The smallest absolute Gasteiger partial charge is 0.130 e. The predicted molar refractivity (Wildman–Crippen MR) is 77.7 cm³/mol. The molecule has 0 saturated carbocycles. The Morgan fingerprint density at radius 1 is 1.53 bits per heavy atom. The van der Waals surface area contributed by atoms with Gasteiger partial charge in [0.1, 0.15) is 5.15 Å². The van der Waals surface area contributed by atoms with Gasteiger partial charge in [0.25, 0.3) is 0 Å². The fraction of sp³-hybridized carbons (Fsp3) is 0.786. The number of hydrogen-bond donors (Lipinski definition) is 1. The Morgan fingerprint density at radius 3 is 2.84 bits per heavy atom. The average Bonchev–Trinajstić information content (AvgIpc) is 2.92. The topological polar surface area (TPSA) is 39.1 Å². The van der Waals surface area contributed by atoms with Gasteiger partial charge in [-0.05, 0) is 32.7 Å². The minimum absolute atomic E-state index is 0.173. The van der Waals surface area contributed by atoms with Crippen LogP contribution in [0.4, 0.5) is 0 Å². The maximum atomic E-state index is 6.36. The molecule has 1 saturated heterocycles. The summed E-state index contributed by atoms with van der Waals surface area (Å²) in [6.07, 6.45) is 3.19. The number of aryl methyl sites for hydroxylation is 2. The number of halogens is 1. The maximum Gasteiger partial charge on any atom is 0.130 e. The van der Waals surface area contributed by atoms with E-state index in [1.807, 2.05) is 14.0 Å². The van der Waals surface area contributed by atoms with E-state index in [4.69, 9.17) is 16.3 Å². The third-order valence-corrected chi connectivity index (χ3v) is 4.41. The highest BCUT2D eigenvalue weighted by molar-refractivity contribution is 6.30. The van der Waals surface area contributed by atoms with Gasteiger partial charge in [0.05, 0.1) is 12.3 Å².